The highest BCUT2D eigenvalue weighted by molar-refractivity contribution is 6.03. The Balaban J connectivity index is 1.93. The molecule has 1 heterocycles. The Labute approximate surface area is 194 Å². The molecule has 0 radical (unpaired) electrons. The number of rotatable bonds is 8. The third-order valence-corrected chi connectivity index (χ3v) is 5.23. The fourth-order valence-electron chi connectivity index (χ4n) is 3.33. The molecule has 0 aliphatic carbocycles. The quantitative estimate of drug-likeness (QED) is 0.521. The molecular formula is C25H32N4O4. The van der Waals surface area contributed by atoms with Gasteiger partial charge in [0.2, 0.25) is 0 Å². The smallest absolute Gasteiger partial charge is 0.278 e. The molecule has 0 bridgehead atoms. The summed E-state index contributed by atoms with van der Waals surface area (Å²) < 4.78 is 18.2. The van der Waals surface area contributed by atoms with Crippen LogP contribution >= 0.6 is 0 Å². The maximum Gasteiger partial charge on any atom is 0.278 e. The van der Waals surface area contributed by atoms with Crippen LogP contribution < -0.4 is 19.5 Å². The lowest BCUT2D eigenvalue weighted by molar-refractivity contribution is 0.102. The number of anilines is 1. The molecule has 2 aromatic carbocycles. The highest BCUT2D eigenvalue weighted by Crippen LogP contribution is 2.31. The molecule has 8 heteroatoms. The van der Waals surface area contributed by atoms with Gasteiger partial charge in [-0.3, -0.25) is 4.79 Å². The summed E-state index contributed by atoms with van der Waals surface area (Å²) in [4.78, 5) is 13.1. The molecule has 1 N–H and O–H groups in total. The molecule has 33 heavy (non-hydrogen) atoms. The van der Waals surface area contributed by atoms with E-state index in [0.717, 1.165) is 17.7 Å². The Hall–Kier alpha value is -3.55. The number of hydrogen-bond acceptors (Lipinski definition) is 6. The van der Waals surface area contributed by atoms with E-state index in [4.69, 9.17) is 14.2 Å². The number of hydrogen-bond donors (Lipinski definition) is 1. The lowest BCUT2D eigenvalue weighted by Gasteiger charge is -2.21. The molecule has 0 atom stereocenters. The topological polar surface area (TPSA) is 87.5 Å². The summed E-state index contributed by atoms with van der Waals surface area (Å²) in [6, 6.07) is 11.2. The van der Waals surface area contributed by atoms with Crippen LogP contribution in [0.5, 0.6) is 17.2 Å². The van der Waals surface area contributed by atoms with Crippen molar-refractivity contribution in [3.63, 3.8) is 0 Å². The van der Waals surface area contributed by atoms with Gasteiger partial charge in [0.15, 0.2) is 5.69 Å². The molecule has 3 aromatic rings. The van der Waals surface area contributed by atoms with Crippen molar-refractivity contribution in [1.29, 1.82) is 0 Å². The molecule has 176 valence electrons. The van der Waals surface area contributed by atoms with Crippen LogP contribution in [0.25, 0.3) is 5.69 Å². The summed E-state index contributed by atoms with van der Waals surface area (Å²) in [5.74, 6) is 1.60. The summed E-state index contributed by atoms with van der Waals surface area (Å²) in [6.07, 6.45) is 0.900. The second kappa shape index (κ2) is 9.94. The van der Waals surface area contributed by atoms with Crippen LogP contribution in [0.3, 0.4) is 0 Å². The number of carbonyl (C=O) groups is 1. The average Bonchev–Trinajstić information content (AvgIpc) is 3.17. The van der Waals surface area contributed by atoms with Crippen molar-refractivity contribution < 1.29 is 19.0 Å². The first-order chi connectivity index (χ1) is 15.7. The van der Waals surface area contributed by atoms with Crippen LogP contribution in [0.15, 0.2) is 36.4 Å². The van der Waals surface area contributed by atoms with Crippen LogP contribution in [0, 0.1) is 6.92 Å². The lowest BCUT2D eigenvalue weighted by atomic mass is 9.86. The molecule has 0 aliphatic heterocycles. The van der Waals surface area contributed by atoms with E-state index in [2.05, 4.69) is 43.3 Å². The number of ether oxygens (including phenoxy) is 3. The minimum absolute atomic E-state index is 0.104. The van der Waals surface area contributed by atoms with Gasteiger partial charge in [0.1, 0.15) is 22.9 Å². The molecule has 0 saturated heterocycles. The zero-order valence-electron chi connectivity index (χ0n) is 20.4. The predicted molar refractivity (Wildman–Crippen MR) is 128 cm³/mol. The van der Waals surface area contributed by atoms with Gasteiger partial charge >= 0.3 is 0 Å². The molecule has 0 spiro atoms. The molecule has 0 aliphatic rings. The molecule has 8 nitrogen and oxygen atoms in total. The number of nitrogens with zero attached hydrogens (tertiary/aromatic N) is 3. The van der Waals surface area contributed by atoms with E-state index >= 15 is 0 Å². The second-order valence-electron chi connectivity index (χ2n) is 8.77. The number of aromatic nitrogens is 3. The third kappa shape index (κ3) is 5.45. The maximum atomic E-state index is 13.1. The van der Waals surface area contributed by atoms with Crippen LogP contribution in [0.1, 0.15) is 55.9 Å². The Morgan fingerprint density at radius 1 is 1.06 bits per heavy atom. The fourth-order valence-corrected chi connectivity index (χ4v) is 3.33. The van der Waals surface area contributed by atoms with Crippen molar-refractivity contribution in [1.82, 2.24) is 15.0 Å². The first-order valence-electron chi connectivity index (χ1n) is 10.9. The number of carbonyl (C=O) groups excluding carboxylic acids is 1. The van der Waals surface area contributed by atoms with Crippen LogP contribution in [0.4, 0.5) is 5.69 Å². The molecule has 3 rings (SSSR count). The second-order valence-corrected chi connectivity index (χ2v) is 8.77. The predicted octanol–water partition coefficient (Wildman–Crippen LogP) is 4.93. The monoisotopic (exact) mass is 452 g/mol. The lowest BCUT2D eigenvalue weighted by Crippen LogP contribution is -2.16. The van der Waals surface area contributed by atoms with E-state index in [1.165, 1.54) is 0 Å². The minimum atomic E-state index is -0.354. The van der Waals surface area contributed by atoms with Crippen molar-refractivity contribution >= 4 is 11.6 Å². The van der Waals surface area contributed by atoms with Crippen molar-refractivity contribution in [3.05, 3.63) is 53.3 Å². The molecule has 0 fully saturated rings. The normalized spacial score (nSPS) is 11.2. The Bertz CT molecular complexity index is 1130. The van der Waals surface area contributed by atoms with Crippen molar-refractivity contribution in [2.45, 2.75) is 46.5 Å². The zero-order valence-corrected chi connectivity index (χ0v) is 20.4. The summed E-state index contributed by atoms with van der Waals surface area (Å²) in [5.41, 5.74) is 3.03. The van der Waals surface area contributed by atoms with Gasteiger partial charge in [-0.1, -0.05) is 32.9 Å². The first-order valence-corrected chi connectivity index (χ1v) is 10.9. The van der Waals surface area contributed by atoms with Crippen molar-refractivity contribution in [3.8, 4) is 22.9 Å². The molecular weight excluding hydrogens is 420 g/mol. The standard InChI is InChI=1S/C25H32N4O4/c1-8-11-33-20-13-17(25(3,4)5)12-18(14-20)26-24(30)23-16(2)29(28-27-23)21-15-19(31-6)9-10-22(21)32-7/h9-10,12-15H,8,11H2,1-7H3,(H,26,30). The summed E-state index contributed by atoms with van der Waals surface area (Å²) >= 11 is 0. The van der Waals surface area contributed by atoms with E-state index in [0.29, 0.717) is 35.2 Å². The Kier molecular flexibility index (Phi) is 7.26. The number of amides is 1. The van der Waals surface area contributed by atoms with Gasteiger partial charge in [-0.2, -0.15) is 0 Å². The van der Waals surface area contributed by atoms with E-state index < -0.39 is 0 Å². The highest BCUT2D eigenvalue weighted by atomic mass is 16.5. The number of benzene rings is 2. The van der Waals surface area contributed by atoms with Crippen LogP contribution in [-0.4, -0.2) is 41.7 Å². The Morgan fingerprint density at radius 3 is 2.45 bits per heavy atom. The third-order valence-electron chi connectivity index (χ3n) is 5.23. The zero-order chi connectivity index (χ0) is 24.2. The SMILES string of the molecule is CCCOc1cc(NC(=O)c2nnn(-c3cc(OC)ccc3OC)c2C)cc(C(C)(C)C)c1. The highest BCUT2D eigenvalue weighted by Gasteiger charge is 2.21. The summed E-state index contributed by atoms with van der Waals surface area (Å²) in [6.45, 7) is 10.8. The average molecular weight is 453 g/mol. The summed E-state index contributed by atoms with van der Waals surface area (Å²) in [7, 11) is 3.16. The first kappa shape index (κ1) is 24.1. The largest absolute Gasteiger partial charge is 0.497 e. The molecule has 1 aromatic heterocycles. The number of nitrogens with one attached hydrogen (secondary N) is 1. The molecule has 1 amide bonds. The van der Waals surface area contributed by atoms with Crippen molar-refractivity contribution in [2.75, 3.05) is 26.1 Å². The maximum absolute atomic E-state index is 13.1. The Morgan fingerprint density at radius 2 is 1.82 bits per heavy atom. The summed E-state index contributed by atoms with van der Waals surface area (Å²) in [5, 5.41) is 11.3. The van der Waals surface area contributed by atoms with Crippen molar-refractivity contribution in [2.24, 2.45) is 0 Å². The minimum Gasteiger partial charge on any atom is -0.497 e. The van der Waals surface area contributed by atoms with Gasteiger partial charge in [-0.15, -0.1) is 5.10 Å². The van der Waals surface area contributed by atoms with E-state index in [1.54, 1.807) is 44.0 Å². The van der Waals surface area contributed by atoms with Crippen LogP contribution in [-0.2, 0) is 5.41 Å². The van der Waals surface area contributed by atoms with Gasteiger partial charge in [0.25, 0.3) is 5.91 Å². The van der Waals surface area contributed by atoms with Gasteiger partial charge in [-0.25, -0.2) is 4.68 Å². The van der Waals surface area contributed by atoms with Gasteiger partial charge in [-0.05, 0) is 48.6 Å². The fraction of sp³-hybridized carbons (Fsp3) is 0.400. The van der Waals surface area contributed by atoms with Gasteiger partial charge < -0.3 is 19.5 Å². The number of methoxy groups -OCH3 is 2. The van der Waals surface area contributed by atoms with Crippen LogP contribution in [0.2, 0.25) is 0 Å². The molecule has 0 saturated carbocycles. The van der Waals surface area contributed by atoms with E-state index in [1.807, 2.05) is 18.2 Å². The van der Waals surface area contributed by atoms with E-state index in [9.17, 15) is 4.79 Å². The molecule has 0 unspecified atom stereocenters. The van der Waals surface area contributed by atoms with E-state index in [-0.39, 0.29) is 17.0 Å². The van der Waals surface area contributed by atoms with Gasteiger partial charge in [0.05, 0.1) is 26.5 Å². The van der Waals surface area contributed by atoms with Gasteiger partial charge in [0, 0.05) is 17.8 Å².